The van der Waals surface area contributed by atoms with Crippen LogP contribution in [0.15, 0.2) is 29.5 Å². The smallest absolute Gasteiger partial charge is 0.289 e. The normalized spacial score (nSPS) is 16.4. The molecule has 1 aliphatic rings. The molecule has 22 heavy (non-hydrogen) atoms. The van der Waals surface area contributed by atoms with Gasteiger partial charge in [-0.3, -0.25) is 9.55 Å². The molecule has 0 atom stereocenters. The molecule has 0 saturated heterocycles. The summed E-state index contributed by atoms with van der Waals surface area (Å²) in [6, 6.07) is 1.83. The van der Waals surface area contributed by atoms with Crippen LogP contribution in [0.3, 0.4) is 0 Å². The predicted octanol–water partition coefficient (Wildman–Crippen LogP) is 1.89. The number of imidazole rings is 1. The van der Waals surface area contributed by atoms with Crippen molar-refractivity contribution in [2.24, 2.45) is 5.92 Å². The standard InChI is InChI=1S/C15H18N6O/c22-15-19-13-14(20(15)10-11-5-2-1-3-6-11)18-12(9-16-13)21-8-4-7-17-21/h4,7-9,11H,1-3,5-6,10H2,(H,16,19,22). The van der Waals surface area contributed by atoms with Gasteiger partial charge in [-0.1, -0.05) is 19.3 Å². The van der Waals surface area contributed by atoms with Gasteiger partial charge in [-0.15, -0.1) is 0 Å². The maximum absolute atomic E-state index is 12.2. The van der Waals surface area contributed by atoms with Gasteiger partial charge < -0.3 is 0 Å². The Labute approximate surface area is 127 Å². The molecule has 0 aliphatic heterocycles. The topological polar surface area (TPSA) is 81.4 Å². The number of fused-ring (bicyclic) bond motifs is 1. The first kappa shape index (κ1) is 13.2. The first-order valence-corrected chi connectivity index (χ1v) is 7.77. The molecule has 1 aliphatic carbocycles. The van der Waals surface area contributed by atoms with Crippen LogP contribution in [-0.4, -0.2) is 29.3 Å². The molecule has 1 N–H and O–H groups in total. The summed E-state index contributed by atoms with van der Waals surface area (Å²) in [6.07, 6.45) is 11.3. The third kappa shape index (κ3) is 2.32. The summed E-state index contributed by atoms with van der Waals surface area (Å²) in [5.74, 6) is 1.18. The van der Waals surface area contributed by atoms with Crippen LogP contribution in [-0.2, 0) is 6.54 Å². The van der Waals surface area contributed by atoms with E-state index in [4.69, 9.17) is 0 Å². The van der Waals surface area contributed by atoms with E-state index in [2.05, 4.69) is 20.1 Å². The van der Waals surface area contributed by atoms with Crippen molar-refractivity contribution in [3.05, 3.63) is 35.1 Å². The lowest BCUT2D eigenvalue weighted by Crippen LogP contribution is -2.23. The fraction of sp³-hybridized carbons (Fsp3) is 0.467. The Balaban J connectivity index is 1.74. The van der Waals surface area contributed by atoms with Crippen molar-refractivity contribution in [3.63, 3.8) is 0 Å². The lowest BCUT2D eigenvalue weighted by molar-refractivity contribution is 0.319. The molecule has 0 amide bonds. The van der Waals surface area contributed by atoms with Gasteiger partial charge in [0.05, 0.1) is 6.20 Å². The molecular formula is C15H18N6O. The number of hydrogen-bond acceptors (Lipinski definition) is 4. The second kappa shape index (κ2) is 5.40. The molecule has 114 valence electrons. The molecular weight excluding hydrogens is 280 g/mol. The summed E-state index contributed by atoms with van der Waals surface area (Å²) < 4.78 is 3.38. The second-order valence-corrected chi connectivity index (χ2v) is 5.90. The zero-order valence-corrected chi connectivity index (χ0v) is 12.3. The van der Waals surface area contributed by atoms with Crippen molar-refractivity contribution in [1.82, 2.24) is 29.3 Å². The van der Waals surface area contributed by atoms with Crippen LogP contribution < -0.4 is 5.69 Å². The molecule has 3 aromatic heterocycles. The van der Waals surface area contributed by atoms with Crippen molar-refractivity contribution < 1.29 is 0 Å². The van der Waals surface area contributed by atoms with E-state index in [9.17, 15) is 4.79 Å². The Bertz CT molecular complexity index is 825. The van der Waals surface area contributed by atoms with Crippen molar-refractivity contribution >= 4 is 11.3 Å². The van der Waals surface area contributed by atoms with Crippen LogP contribution in [0.2, 0.25) is 0 Å². The largest absolute Gasteiger partial charge is 0.328 e. The Morgan fingerprint density at radius 2 is 2.14 bits per heavy atom. The van der Waals surface area contributed by atoms with Crippen molar-refractivity contribution in [3.8, 4) is 5.82 Å². The highest BCUT2D eigenvalue weighted by Crippen LogP contribution is 2.25. The first-order chi connectivity index (χ1) is 10.8. The van der Waals surface area contributed by atoms with Gasteiger partial charge in [0.1, 0.15) is 0 Å². The molecule has 7 heteroatoms. The van der Waals surface area contributed by atoms with E-state index in [1.807, 2.05) is 12.3 Å². The van der Waals surface area contributed by atoms with E-state index >= 15 is 0 Å². The Hall–Kier alpha value is -2.44. The Kier molecular flexibility index (Phi) is 3.25. The van der Waals surface area contributed by atoms with Gasteiger partial charge in [0, 0.05) is 18.9 Å². The molecule has 0 spiro atoms. The van der Waals surface area contributed by atoms with Gasteiger partial charge in [0.25, 0.3) is 0 Å². The zero-order valence-electron chi connectivity index (χ0n) is 12.3. The predicted molar refractivity (Wildman–Crippen MR) is 81.8 cm³/mol. The van der Waals surface area contributed by atoms with E-state index in [1.165, 1.54) is 32.1 Å². The van der Waals surface area contributed by atoms with Crippen LogP contribution >= 0.6 is 0 Å². The van der Waals surface area contributed by atoms with Crippen molar-refractivity contribution in [1.29, 1.82) is 0 Å². The molecule has 3 heterocycles. The molecule has 7 nitrogen and oxygen atoms in total. The zero-order chi connectivity index (χ0) is 14.9. The average molecular weight is 298 g/mol. The SMILES string of the molecule is O=c1[nH]c2ncc(-n3cccn3)nc2n1CC1CCCCC1. The van der Waals surface area contributed by atoms with E-state index in [1.54, 1.807) is 21.6 Å². The molecule has 1 saturated carbocycles. The number of hydrogen-bond donors (Lipinski definition) is 1. The lowest BCUT2D eigenvalue weighted by Gasteiger charge is -2.21. The number of nitrogens with one attached hydrogen (secondary N) is 1. The third-order valence-electron chi connectivity index (χ3n) is 4.37. The highest BCUT2D eigenvalue weighted by Gasteiger charge is 2.18. The van der Waals surface area contributed by atoms with E-state index in [0.717, 1.165) is 6.54 Å². The first-order valence-electron chi connectivity index (χ1n) is 7.77. The van der Waals surface area contributed by atoms with E-state index in [-0.39, 0.29) is 5.69 Å². The molecule has 0 radical (unpaired) electrons. The molecule has 0 bridgehead atoms. The summed E-state index contributed by atoms with van der Waals surface area (Å²) in [5, 5.41) is 4.16. The maximum atomic E-state index is 12.2. The minimum absolute atomic E-state index is 0.127. The lowest BCUT2D eigenvalue weighted by atomic mass is 9.89. The molecule has 1 fully saturated rings. The quantitative estimate of drug-likeness (QED) is 0.800. The van der Waals surface area contributed by atoms with Crippen LogP contribution in [0.4, 0.5) is 0 Å². The van der Waals surface area contributed by atoms with Gasteiger partial charge in [0.2, 0.25) is 0 Å². The number of rotatable bonds is 3. The van der Waals surface area contributed by atoms with E-state index in [0.29, 0.717) is 23.0 Å². The van der Waals surface area contributed by atoms with Crippen LogP contribution in [0, 0.1) is 5.92 Å². The minimum Gasteiger partial charge on any atom is -0.289 e. The summed E-state index contributed by atoms with van der Waals surface area (Å²) in [5.41, 5.74) is 1.03. The van der Waals surface area contributed by atoms with Crippen LogP contribution in [0.1, 0.15) is 32.1 Å². The van der Waals surface area contributed by atoms with Crippen molar-refractivity contribution in [2.75, 3.05) is 0 Å². The molecule has 0 unspecified atom stereocenters. The van der Waals surface area contributed by atoms with Gasteiger partial charge >= 0.3 is 5.69 Å². The molecule has 3 aromatic rings. The number of nitrogens with zero attached hydrogens (tertiary/aromatic N) is 5. The van der Waals surface area contributed by atoms with Gasteiger partial charge in [-0.05, 0) is 24.8 Å². The highest BCUT2D eigenvalue weighted by atomic mass is 16.1. The fourth-order valence-electron chi connectivity index (χ4n) is 3.22. The fourth-order valence-corrected chi connectivity index (χ4v) is 3.22. The molecule has 0 aromatic carbocycles. The average Bonchev–Trinajstić information content (AvgIpc) is 3.17. The second-order valence-electron chi connectivity index (χ2n) is 5.90. The van der Waals surface area contributed by atoms with Gasteiger partial charge in [-0.2, -0.15) is 5.10 Å². The monoisotopic (exact) mass is 298 g/mol. The van der Waals surface area contributed by atoms with Crippen LogP contribution in [0.25, 0.3) is 17.1 Å². The Morgan fingerprint density at radius 3 is 2.91 bits per heavy atom. The summed E-state index contributed by atoms with van der Waals surface area (Å²) in [6.45, 7) is 0.718. The van der Waals surface area contributed by atoms with Gasteiger partial charge in [-0.25, -0.2) is 19.4 Å². The summed E-state index contributed by atoms with van der Waals surface area (Å²) in [4.78, 5) is 23.9. The number of H-pyrrole nitrogens is 1. The van der Waals surface area contributed by atoms with Crippen LogP contribution in [0.5, 0.6) is 0 Å². The molecule has 4 rings (SSSR count). The summed E-state index contributed by atoms with van der Waals surface area (Å²) in [7, 11) is 0. The third-order valence-corrected chi connectivity index (χ3v) is 4.37. The number of aromatic nitrogens is 6. The number of aromatic amines is 1. The van der Waals surface area contributed by atoms with E-state index < -0.39 is 0 Å². The minimum atomic E-state index is -0.127. The highest BCUT2D eigenvalue weighted by molar-refractivity contribution is 5.66. The summed E-state index contributed by atoms with van der Waals surface area (Å²) >= 11 is 0. The Morgan fingerprint density at radius 1 is 1.27 bits per heavy atom. The van der Waals surface area contributed by atoms with Crippen molar-refractivity contribution in [2.45, 2.75) is 38.6 Å². The maximum Gasteiger partial charge on any atom is 0.328 e. The van der Waals surface area contributed by atoms with Gasteiger partial charge in [0.15, 0.2) is 17.1 Å².